The van der Waals surface area contributed by atoms with E-state index < -0.39 is 28.4 Å². The number of amides is 1. The molecule has 7 heterocycles. The number of aromatic nitrogens is 4. The zero-order valence-electron chi connectivity index (χ0n) is 36.8. The predicted molar refractivity (Wildman–Crippen MR) is 235 cm³/mol. The topological polar surface area (TPSA) is 228 Å². The molecule has 0 aromatic carbocycles. The van der Waals surface area contributed by atoms with Gasteiger partial charge in [-0.3, -0.25) is 19.6 Å². The molecule has 9 rings (SSSR count). The number of fused-ring (bicyclic) bond motifs is 4. The number of halogens is 2. The van der Waals surface area contributed by atoms with Gasteiger partial charge in [-0.2, -0.15) is 18.7 Å². The molecular formula is C45H56F2N8O10. The molecule has 2 atom stereocenters. The van der Waals surface area contributed by atoms with Gasteiger partial charge in [0.25, 0.3) is 11.1 Å². The second kappa shape index (κ2) is 20.2. The Hall–Kier alpha value is -5.79. The van der Waals surface area contributed by atoms with E-state index in [1.807, 2.05) is 4.90 Å². The molecule has 4 aromatic rings. The van der Waals surface area contributed by atoms with Crippen molar-refractivity contribution in [1.29, 1.82) is 0 Å². The Kier molecular flexibility index (Phi) is 14.2. The molecule has 2 aliphatic carbocycles. The second-order valence-corrected chi connectivity index (χ2v) is 17.9. The van der Waals surface area contributed by atoms with Crippen molar-refractivity contribution in [1.82, 2.24) is 29.7 Å². The smallest absolute Gasteiger partial charge is 0.410 e. The highest BCUT2D eigenvalue weighted by atomic mass is 19.3. The molecule has 4 aromatic heterocycles. The summed E-state index contributed by atoms with van der Waals surface area (Å²) in [6.07, 6.45) is 15.9. The molecule has 2 unspecified atom stereocenters. The number of nitrogens with one attached hydrogen (secondary N) is 2. The summed E-state index contributed by atoms with van der Waals surface area (Å²) in [7, 11) is 0. The molecule has 350 valence electrons. The number of ether oxygens (including phenoxy) is 1. The molecule has 65 heavy (non-hydrogen) atoms. The van der Waals surface area contributed by atoms with Gasteiger partial charge in [0.1, 0.15) is 10.8 Å². The zero-order valence-corrected chi connectivity index (χ0v) is 36.8. The number of H-pyrrole nitrogens is 2. The van der Waals surface area contributed by atoms with Crippen LogP contribution in [0.25, 0.3) is 22.2 Å². The summed E-state index contributed by atoms with van der Waals surface area (Å²) in [6.45, 7) is 3.33. The Bertz CT molecular complexity index is 2640. The Morgan fingerprint density at radius 1 is 0.769 bits per heavy atom. The molecule has 18 nitrogen and oxygen atoms in total. The number of piperidine rings is 3. The number of hydrogen-bond donors (Lipinski definition) is 2. The Morgan fingerprint density at radius 2 is 1.28 bits per heavy atom. The fraction of sp³-hybridized carbons (Fsp3) is 0.622. The van der Waals surface area contributed by atoms with Crippen LogP contribution in [0.4, 0.5) is 13.6 Å². The van der Waals surface area contributed by atoms with Crippen LogP contribution >= 0.6 is 0 Å². The van der Waals surface area contributed by atoms with Crippen LogP contribution < -0.4 is 32.0 Å². The predicted octanol–water partition coefficient (Wildman–Crippen LogP) is 6.96. The number of hydrogen-bond acceptors (Lipinski definition) is 15. The first-order valence-corrected chi connectivity index (χ1v) is 23.0. The molecule has 2 saturated carbocycles. The number of nitrogens with zero attached hydrogens (tertiary/aromatic N) is 6. The average molecular weight is 907 g/mol. The molecule has 0 radical (unpaired) electrons. The van der Waals surface area contributed by atoms with Crippen LogP contribution in [0.1, 0.15) is 128 Å². The molecular weight excluding hydrogens is 851 g/mol. The third-order valence-electron chi connectivity index (χ3n) is 12.8. The monoisotopic (exact) mass is 906 g/mol. The van der Waals surface area contributed by atoms with Gasteiger partial charge in [-0.15, -0.1) is 0 Å². The van der Waals surface area contributed by atoms with Gasteiger partial charge in [0.2, 0.25) is 11.4 Å². The van der Waals surface area contributed by atoms with Gasteiger partial charge in [-0.1, -0.05) is 55.3 Å². The second-order valence-electron chi connectivity index (χ2n) is 17.9. The molecule has 3 aliphatic heterocycles. The number of alkyl halides is 2. The van der Waals surface area contributed by atoms with Crippen LogP contribution in [0, 0.1) is 11.8 Å². The first-order chi connectivity index (χ1) is 31.3. The first-order valence-electron chi connectivity index (χ1n) is 23.0. The summed E-state index contributed by atoms with van der Waals surface area (Å²) >= 11 is 0. The highest BCUT2D eigenvalue weighted by molar-refractivity contribution is 5.88. The molecule has 3 saturated heterocycles. The highest BCUT2D eigenvalue weighted by Crippen LogP contribution is 2.36. The Balaban J connectivity index is 0.000000179. The quantitative estimate of drug-likeness (QED) is 0.0699. The number of likely N-dealkylation sites (tertiary alicyclic amines) is 1. The Morgan fingerprint density at radius 3 is 1.78 bits per heavy atom. The van der Waals surface area contributed by atoms with Crippen molar-refractivity contribution in [2.75, 3.05) is 19.7 Å². The van der Waals surface area contributed by atoms with Gasteiger partial charge in [0.15, 0.2) is 0 Å². The number of unbranched alkanes of at least 4 members (excludes halogenated alkanes) is 1. The lowest BCUT2D eigenvalue weighted by Gasteiger charge is -2.45. The molecule has 0 spiro atoms. The van der Waals surface area contributed by atoms with Crippen LogP contribution in [-0.2, 0) is 17.6 Å². The van der Waals surface area contributed by atoms with E-state index in [9.17, 15) is 32.8 Å². The molecule has 2 bridgehead atoms. The maximum Gasteiger partial charge on any atom is 0.410 e. The fourth-order valence-corrected chi connectivity index (χ4v) is 9.11. The average Bonchev–Trinajstić information content (AvgIpc) is 4.20. The van der Waals surface area contributed by atoms with Crippen molar-refractivity contribution in [3.05, 3.63) is 64.8 Å². The van der Waals surface area contributed by atoms with E-state index in [1.165, 1.54) is 44.2 Å². The number of aromatic amines is 2. The minimum Gasteiger partial charge on any atom is -0.450 e. The van der Waals surface area contributed by atoms with E-state index in [-0.39, 0.29) is 65.5 Å². The van der Waals surface area contributed by atoms with Crippen LogP contribution in [-0.4, -0.2) is 85.1 Å². The summed E-state index contributed by atoms with van der Waals surface area (Å²) in [5, 5.41) is 8.69. The summed E-state index contributed by atoms with van der Waals surface area (Å²) in [4.78, 5) is 88.8. The van der Waals surface area contributed by atoms with Crippen molar-refractivity contribution in [3.63, 3.8) is 0 Å². The zero-order chi connectivity index (χ0) is 45.7. The molecule has 2 N–H and O–H groups in total. The van der Waals surface area contributed by atoms with Gasteiger partial charge < -0.3 is 28.1 Å². The summed E-state index contributed by atoms with van der Waals surface area (Å²) < 4.78 is 42.2. The van der Waals surface area contributed by atoms with Gasteiger partial charge in [-0.05, 0) is 74.8 Å². The SMILES string of the molecule is CC(F)(F)N1CCC(=NOc2nc3oc(=O)cc(CCCC4CC4)c3c(=O)[nH]2)CC1.CCOC(=O)N1C2CCCC1CC(=NOc1nc3oc(=O)cc(CCCCC4CC4)c3c(=O)[nH]1)C2. The molecule has 5 fully saturated rings. The maximum atomic E-state index is 13.3. The van der Waals surface area contributed by atoms with E-state index in [0.717, 1.165) is 74.3 Å². The van der Waals surface area contributed by atoms with Gasteiger partial charge in [0.05, 0.1) is 18.0 Å². The number of rotatable bonds is 15. The van der Waals surface area contributed by atoms with Crippen molar-refractivity contribution in [2.45, 2.75) is 148 Å². The number of carbonyl (C=O) groups excluding carboxylic acids is 1. The number of aryl methyl sites for hydroxylation is 2. The highest BCUT2D eigenvalue weighted by Gasteiger charge is 2.41. The van der Waals surface area contributed by atoms with E-state index in [2.05, 4.69) is 30.2 Å². The lowest BCUT2D eigenvalue weighted by Crippen LogP contribution is -2.55. The first kappa shape index (κ1) is 45.8. The Labute approximate surface area is 371 Å². The van der Waals surface area contributed by atoms with E-state index in [4.69, 9.17) is 23.2 Å². The van der Waals surface area contributed by atoms with E-state index in [0.29, 0.717) is 62.0 Å². The van der Waals surface area contributed by atoms with Crippen molar-refractivity contribution < 1.29 is 36.8 Å². The van der Waals surface area contributed by atoms with Crippen LogP contribution in [0.2, 0.25) is 0 Å². The summed E-state index contributed by atoms with van der Waals surface area (Å²) in [6, 6.07) is -0.437. The van der Waals surface area contributed by atoms with Crippen LogP contribution in [0.15, 0.2) is 50.5 Å². The number of carbonyl (C=O) groups is 1. The standard InChI is InChI=1S/C25H32N4O6.C20H24F2N4O4/c1-2-33-25(32)29-18-8-5-9-19(29)14-17(13-18)28-35-24-26-22(31)21-16(7-4-3-6-15-10-11-15)12-20(30)34-23(21)27-24;1-20(21,22)26-9-7-14(8-10-26)25-30-19-23-17(28)16-13(4-2-3-12-5-6-12)11-15(27)29-18(16)24-19/h12,15,18-19H,2-11,13-14H2,1H3,(H,26,27,31);11-12H,2-10H2,1H3,(H,23,24,28). The minimum absolute atomic E-state index is 0.0213. The van der Waals surface area contributed by atoms with Gasteiger partial charge >= 0.3 is 35.4 Å². The molecule has 20 heteroatoms. The fourth-order valence-electron chi connectivity index (χ4n) is 9.11. The van der Waals surface area contributed by atoms with E-state index in [1.54, 1.807) is 6.92 Å². The third-order valence-corrected chi connectivity index (χ3v) is 12.8. The molecule has 1 amide bonds. The third kappa shape index (κ3) is 11.9. The van der Waals surface area contributed by atoms with E-state index >= 15 is 0 Å². The maximum absolute atomic E-state index is 13.3. The summed E-state index contributed by atoms with van der Waals surface area (Å²) in [5.74, 6) is 1.62. The number of oxime groups is 2. The van der Waals surface area contributed by atoms with Crippen molar-refractivity contribution >= 4 is 39.7 Å². The van der Waals surface area contributed by atoms with Gasteiger partial charge in [-0.25, -0.2) is 19.3 Å². The summed E-state index contributed by atoms with van der Waals surface area (Å²) in [5.41, 5.74) is 0.518. The van der Waals surface area contributed by atoms with Gasteiger partial charge in [0, 0.05) is 69.9 Å². The van der Waals surface area contributed by atoms with Crippen molar-refractivity contribution in [3.8, 4) is 12.0 Å². The lowest BCUT2D eigenvalue weighted by molar-refractivity contribution is -0.130. The normalized spacial score (nSPS) is 20.0. The largest absolute Gasteiger partial charge is 0.450 e. The lowest BCUT2D eigenvalue weighted by atomic mass is 9.84. The van der Waals surface area contributed by atoms with Crippen LogP contribution in [0.3, 0.4) is 0 Å². The van der Waals surface area contributed by atoms with Crippen LogP contribution in [0.5, 0.6) is 12.0 Å². The minimum atomic E-state index is -2.87. The van der Waals surface area contributed by atoms with Crippen molar-refractivity contribution in [2.24, 2.45) is 22.1 Å². The molecule has 5 aliphatic rings.